The smallest absolute Gasteiger partial charge is 0.225 e. The molecule has 1 unspecified atom stereocenters. The van der Waals surface area contributed by atoms with E-state index in [0.29, 0.717) is 11.9 Å². The van der Waals surface area contributed by atoms with E-state index < -0.39 is 0 Å². The van der Waals surface area contributed by atoms with Gasteiger partial charge in [-0.05, 0) is 72.1 Å². The number of hydrogen-bond donors (Lipinski definition) is 1. The molecule has 1 aliphatic carbocycles. The van der Waals surface area contributed by atoms with Gasteiger partial charge in [0.25, 0.3) is 0 Å². The van der Waals surface area contributed by atoms with Crippen LogP contribution < -0.4 is 5.32 Å². The number of amides is 2. The first-order valence-corrected chi connectivity index (χ1v) is 9.44. The Balaban J connectivity index is 1.86. The van der Waals surface area contributed by atoms with Gasteiger partial charge >= 0.3 is 0 Å². The Morgan fingerprint density at radius 2 is 1.61 bits per heavy atom. The highest BCUT2D eigenvalue weighted by Gasteiger charge is 2.35. The van der Waals surface area contributed by atoms with Crippen molar-refractivity contribution in [1.29, 1.82) is 0 Å². The van der Waals surface area contributed by atoms with E-state index in [4.69, 9.17) is 0 Å². The molecule has 0 aromatic carbocycles. The third kappa shape index (κ3) is 4.95. The van der Waals surface area contributed by atoms with Crippen molar-refractivity contribution in [3.8, 4) is 0 Å². The summed E-state index contributed by atoms with van der Waals surface area (Å²) in [5.74, 6) is 0.737. The number of hydrogen-bond acceptors (Lipinski definition) is 2. The molecule has 4 heteroatoms. The van der Waals surface area contributed by atoms with Crippen LogP contribution in [0.2, 0.25) is 0 Å². The summed E-state index contributed by atoms with van der Waals surface area (Å²) in [4.78, 5) is 27.3. The lowest BCUT2D eigenvalue weighted by Gasteiger charge is -2.39. The third-order valence-corrected chi connectivity index (χ3v) is 5.33. The molecule has 0 aromatic rings. The molecule has 2 aliphatic rings. The van der Waals surface area contributed by atoms with Crippen LogP contribution in [0.25, 0.3) is 0 Å². The van der Waals surface area contributed by atoms with E-state index in [1.54, 1.807) is 0 Å². The lowest BCUT2D eigenvalue weighted by molar-refractivity contribution is -0.142. The quantitative estimate of drug-likeness (QED) is 0.864. The summed E-state index contributed by atoms with van der Waals surface area (Å²) in [7, 11) is 0. The average Bonchev–Trinajstić information content (AvgIpc) is 2.52. The van der Waals surface area contributed by atoms with Crippen LogP contribution in [0.4, 0.5) is 0 Å². The monoisotopic (exact) mass is 322 g/mol. The zero-order valence-corrected chi connectivity index (χ0v) is 15.4. The molecule has 4 nitrogen and oxygen atoms in total. The van der Waals surface area contributed by atoms with Gasteiger partial charge in [-0.15, -0.1) is 0 Å². The normalized spacial score (nSPS) is 29.2. The van der Waals surface area contributed by atoms with E-state index in [1.807, 2.05) is 20.8 Å². The van der Waals surface area contributed by atoms with Gasteiger partial charge in [0.15, 0.2) is 0 Å². The van der Waals surface area contributed by atoms with Gasteiger partial charge in [-0.2, -0.15) is 0 Å². The molecular weight excluding hydrogens is 288 g/mol. The fourth-order valence-electron chi connectivity index (χ4n) is 4.02. The molecule has 0 spiro atoms. The molecule has 0 bridgehead atoms. The standard InChI is InChI=1S/C19H34N2O2/c1-5-16-8-6-7-13-21(16)18(23)15-11-9-14(10-12-15)17(22)20-19(2,3)4/h14-16H,5-13H2,1-4H3,(H,20,22). The van der Waals surface area contributed by atoms with Crippen molar-refractivity contribution in [2.75, 3.05) is 6.54 Å². The van der Waals surface area contributed by atoms with Gasteiger partial charge in [-0.25, -0.2) is 0 Å². The molecule has 2 fully saturated rings. The zero-order chi connectivity index (χ0) is 17.0. The topological polar surface area (TPSA) is 49.4 Å². The largest absolute Gasteiger partial charge is 0.351 e. The molecule has 2 amide bonds. The summed E-state index contributed by atoms with van der Waals surface area (Å²) >= 11 is 0. The van der Waals surface area contributed by atoms with E-state index in [1.165, 1.54) is 6.42 Å². The molecule has 1 saturated heterocycles. The second-order valence-corrected chi connectivity index (χ2v) is 8.38. The Labute approximate surface area is 141 Å². The summed E-state index contributed by atoms with van der Waals surface area (Å²) in [6, 6.07) is 0.443. The number of piperidine rings is 1. The minimum atomic E-state index is -0.175. The summed E-state index contributed by atoms with van der Waals surface area (Å²) < 4.78 is 0. The molecule has 1 heterocycles. The van der Waals surface area contributed by atoms with Crippen LogP contribution in [0.5, 0.6) is 0 Å². The van der Waals surface area contributed by atoms with Crippen molar-refractivity contribution >= 4 is 11.8 Å². The Kier molecular flexibility index (Phi) is 6.10. The van der Waals surface area contributed by atoms with Crippen molar-refractivity contribution < 1.29 is 9.59 Å². The molecule has 0 radical (unpaired) electrons. The first-order chi connectivity index (χ1) is 10.8. The van der Waals surface area contributed by atoms with Crippen LogP contribution in [0.3, 0.4) is 0 Å². The fraction of sp³-hybridized carbons (Fsp3) is 0.895. The minimum absolute atomic E-state index is 0.0848. The van der Waals surface area contributed by atoms with Gasteiger partial charge in [0, 0.05) is 30.0 Å². The number of carbonyl (C=O) groups excluding carboxylic acids is 2. The maximum absolute atomic E-state index is 12.9. The minimum Gasteiger partial charge on any atom is -0.351 e. The van der Waals surface area contributed by atoms with Gasteiger partial charge in [0.1, 0.15) is 0 Å². The Morgan fingerprint density at radius 1 is 1.00 bits per heavy atom. The Hall–Kier alpha value is -1.06. The second-order valence-electron chi connectivity index (χ2n) is 8.38. The molecule has 2 rings (SSSR count). The number of rotatable bonds is 3. The number of likely N-dealkylation sites (tertiary alicyclic amines) is 1. The van der Waals surface area contributed by atoms with E-state index >= 15 is 0 Å². The maximum Gasteiger partial charge on any atom is 0.225 e. The van der Waals surface area contributed by atoms with E-state index in [9.17, 15) is 9.59 Å². The summed E-state index contributed by atoms with van der Waals surface area (Å²) in [6.45, 7) is 9.16. The van der Waals surface area contributed by atoms with Gasteiger partial charge in [-0.3, -0.25) is 9.59 Å². The van der Waals surface area contributed by atoms with Gasteiger partial charge in [0.05, 0.1) is 0 Å². The van der Waals surface area contributed by atoms with Crippen LogP contribution in [0.1, 0.15) is 79.1 Å². The fourth-order valence-corrected chi connectivity index (χ4v) is 4.02. The first-order valence-electron chi connectivity index (χ1n) is 9.44. The highest BCUT2D eigenvalue weighted by Crippen LogP contribution is 2.32. The van der Waals surface area contributed by atoms with Crippen molar-refractivity contribution in [2.45, 2.75) is 90.6 Å². The summed E-state index contributed by atoms with van der Waals surface area (Å²) in [5, 5.41) is 3.08. The number of nitrogens with one attached hydrogen (secondary N) is 1. The van der Waals surface area contributed by atoms with Crippen LogP contribution >= 0.6 is 0 Å². The molecule has 1 N–H and O–H groups in total. The SMILES string of the molecule is CCC1CCCCN1C(=O)C1CCC(C(=O)NC(C)(C)C)CC1. The molecule has 1 aliphatic heterocycles. The van der Waals surface area contributed by atoms with Crippen LogP contribution in [-0.4, -0.2) is 34.8 Å². The second kappa shape index (κ2) is 7.67. The highest BCUT2D eigenvalue weighted by molar-refractivity contribution is 5.81. The molecule has 0 aromatic heterocycles. The Morgan fingerprint density at radius 3 is 2.17 bits per heavy atom. The highest BCUT2D eigenvalue weighted by atomic mass is 16.2. The predicted molar refractivity (Wildman–Crippen MR) is 93.0 cm³/mol. The maximum atomic E-state index is 12.9. The van der Waals surface area contributed by atoms with Crippen molar-refractivity contribution in [2.24, 2.45) is 11.8 Å². The number of carbonyl (C=O) groups is 2. The molecule has 23 heavy (non-hydrogen) atoms. The van der Waals surface area contributed by atoms with Gasteiger partial charge in [-0.1, -0.05) is 6.92 Å². The Bertz CT molecular complexity index is 420. The van der Waals surface area contributed by atoms with Crippen LogP contribution in [0, 0.1) is 11.8 Å². The average molecular weight is 322 g/mol. The van der Waals surface area contributed by atoms with Crippen molar-refractivity contribution in [1.82, 2.24) is 10.2 Å². The van der Waals surface area contributed by atoms with Crippen molar-refractivity contribution in [3.05, 3.63) is 0 Å². The first kappa shape index (κ1) is 18.3. The molecule has 132 valence electrons. The van der Waals surface area contributed by atoms with Crippen LogP contribution in [-0.2, 0) is 9.59 Å². The van der Waals surface area contributed by atoms with Gasteiger partial charge in [0.2, 0.25) is 11.8 Å². The molecule has 1 atom stereocenters. The van der Waals surface area contributed by atoms with E-state index in [0.717, 1.165) is 51.5 Å². The van der Waals surface area contributed by atoms with E-state index in [2.05, 4.69) is 17.1 Å². The summed E-state index contributed by atoms with van der Waals surface area (Å²) in [6.07, 6.45) is 8.06. The lowest BCUT2D eigenvalue weighted by atomic mass is 9.80. The summed E-state index contributed by atoms with van der Waals surface area (Å²) in [5.41, 5.74) is -0.175. The molecule has 1 saturated carbocycles. The third-order valence-electron chi connectivity index (χ3n) is 5.33. The predicted octanol–water partition coefficient (Wildman–Crippen LogP) is 3.50. The van der Waals surface area contributed by atoms with E-state index in [-0.39, 0.29) is 23.3 Å². The van der Waals surface area contributed by atoms with Gasteiger partial charge < -0.3 is 10.2 Å². The van der Waals surface area contributed by atoms with Crippen molar-refractivity contribution in [3.63, 3.8) is 0 Å². The van der Waals surface area contributed by atoms with Crippen LogP contribution in [0.15, 0.2) is 0 Å². The number of nitrogens with zero attached hydrogens (tertiary/aromatic N) is 1. The zero-order valence-electron chi connectivity index (χ0n) is 15.4. The lowest BCUT2D eigenvalue weighted by Crippen LogP contribution is -2.48. The molecular formula is C19H34N2O2.